The molecule has 0 heterocycles. The third kappa shape index (κ3) is 5.49. The number of rotatable bonds is 4. The highest BCUT2D eigenvalue weighted by Gasteiger charge is 2.21. The average molecular weight is 348 g/mol. The highest BCUT2D eigenvalue weighted by Crippen LogP contribution is 2.25. The van der Waals surface area contributed by atoms with Gasteiger partial charge < -0.3 is 10.6 Å². The number of amides is 2. The quantitative estimate of drug-likeness (QED) is 0.496. The van der Waals surface area contributed by atoms with Crippen LogP contribution >= 0.6 is 12.2 Å². The first-order valence-corrected chi connectivity index (χ1v) is 8.76. The van der Waals surface area contributed by atoms with E-state index < -0.39 is 0 Å². The molecule has 7 heteroatoms. The SMILES string of the molecule is CCNC(=S)NNC(=O)c1ccc(NC(=O)C2CCCCC2)cc1. The molecule has 24 heavy (non-hydrogen) atoms. The van der Waals surface area contributed by atoms with Crippen LogP contribution in [0.2, 0.25) is 0 Å². The second-order valence-electron chi connectivity index (χ2n) is 5.84. The molecule has 1 fully saturated rings. The van der Waals surface area contributed by atoms with Gasteiger partial charge in [0.25, 0.3) is 5.91 Å². The van der Waals surface area contributed by atoms with Gasteiger partial charge in [0.1, 0.15) is 0 Å². The molecule has 0 unspecified atom stereocenters. The molecular weight excluding hydrogens is 324 g/mol. The molecule has 0 saturated heterocycles. The molecule has 1 saturated carbocycles. The molecular formula is C17H24N4O2S. The molecule has 0 radical (unpaired) electrons. The van der Waals surface area contributed by atoms with Crippen LogP contribution < -0.4 is 21.5 Å². The number of anilines is 1. The third-order valence-corrected chi connectivity index (χ3v) is 4.26. The Labute approximate surface area is 147 Å². The fourth-order valence-electron chi connectivity index (χ4n) is 2.70. The van der Waals surface area contributed by atoms with Crippen molar-refractivity contribution in [3.63, 3.8) is 0 Å². The highest BCUT2D eigenvalue weighted by atomic mass is 32.1. The minimum absolute atomic E-state index is 0.0737. The summed E-state index contributed by atoms with van der Waals surface area (Å²) in [6.45, 7) is 2.59. The zero-order valence-electron chi connectivity index (χ0n) is 13.9. The van der Waals surface area contributed by atoms with Crippen molar-refractivity contribution in [2.75, 3.05) is 11.9 Å². The zero-order chi connectivity index (χ0) is 17.4. The van der Waals surface area contributed by atoms with Crippen LogP contribution in [-0.4, -0.2) is 23.5 Å². The van der Waals surface area contributed by atoms with Crippen molar-refractivity contribution >= 4 is 34.8 Å². The van der Waals surface area contributed by atoms with E-state index in [0.29, 0.717) is 22.9 Å². The van der Waals surface area contributed by atoms with Crippen LogP contribution in [0.25, 0.3) is 0 Å². The Balaban J connectivity index is 1.84. The second kappa shape index (κ2) is 9.22. The molecule has 0 atom stereocenters. The molecule has 4 N–H and O–H groups in total. The lowest BCUT2D eigenvalue weighted by molar-refractivity contribution is -0.120. The predicted molar refractivity (Wildman–Crippen MR) is 98.5 cm³/mol. The second-order valence-corrected chi connectivity index (χ2v) is 6.25. The zero-order valence-corrected chi connectivity index (χ0v) is 14.7. The summed E-state index contributed by atoms with van der Waals surface area (Å²) in [5, 5.41) is 6.16. The molecule has 1 aromatic rings. The molecule has 2 amide bonds. The number of hydrogen-bond donors (Lipinski definition) is 4. The normalized spacial score (nSPS) is 14.5. The lowest BCUT2D eigenvalue weighted by atomic mass is 9.88. The van der Waals surface area contributed by atoms with Crippen LogP contribution in [0.4, 0.5) is 5.69 Å². The van der Waals surface area contributed by atoms with Gasteiger partial charge in [-0.1, -0.05) is 19.3 Å². The van der Waals surface area contributed by atoms with E-state index in [1.54, 1.807) is 24.3 Å². The maximum atomic E-state index is 12.2. The van der Waals surface area contributed by atoms with Crippen LogP contribution in [-0.2, 0) is 4.79 Å². The van der Waals surface area contributed by atoms with E-state index >= 15 is 0 Å². The van der Waals surface area contributed by atoms with Crippen LogP contribution in [0, 0.1) is 5.92 Å². The molecule has 1 aromatic carbocycles. The van der Waals surface area contributed by atoms with Crippen molar-refractivity contribution in [3.05, 3.63) is 29.8 Å². The van der Waals surface area contributed by atoms with Crippen molar-refractivity contribution in [1.29, 1.82) is 0 Å². The largest absolute Gasteiger partial charge is 0.362 e. The lowest BCUT2D eigenvalue weighted by Gasteiger charge is -2.20. The van der Waals surface area contributed by atoms with Crippen molar-refractivity contribution in [3.8, 4) is 0 Å². The molecule has 0 aliphatic heterocycles. The van der Waals surface area contributed by atoms with Gasteiger partial charge >= 0.3 is 0 Å². The molecule has 0 spiro atoms. The maximum absolute atomic E-state index is 12.2. The molecule has 0 aromatic heterocycles. The summed E-state index contributed by atoms with van der Waals surface area (Å²) in [5.41, 5.74) is 6.33. The van der Waals surface area contributed by atoms with E-state index in [1.165, 1.54) is 6.42 Å². The van der Waals surface area contributed by atoms with Gasteiger partial charge in [-0.3, -0.25) is 20.4 Å². The van der Waals surface area contributed by atoms with Gasteiger partial charge in [-0.25, -0.2) is 0 Å². The van der Waals surface area contributed by atoms with Crippen molar-refractivity contribution in [2.24, 2.45) is 5.92 Å². The number of benzene rings is 1. The standard InChI is InChI=1S/C17H24N4O2S/c1-2-18-17(24)21-20-16(23)13-8-10-14(11-9-13)19-15(22)12-6-4-3-5-7-12/h8-12H,2-7H2,1H3,(H,19,22)(H,20,23)(H2,18,21,24). The lowest BCUT2D eigenvalue weighted by Crippen LogP contribution is -2.46. The van der Waals surface area contributed by atoms with Gasteiger partial charge in [0.2, 0.25) is 5.91 Å². The molecule has 130 valence electrons. The molecule has 1 aliphatic carbocycles. The van der Waals surface area contributed by atoms with Crippen molar-refractivity contribution in [1.82, 2.24) is 16.2 Å². The average Bonchev–Trinajstić information content (AvgIpc) is 2.61. The van der Waals surface area contributed by atoms with E-state index in [2.05, 4.69) is 21.5 Å². The van der Waals surface area contributed by atoms with Crippen LogP contribution in [0.15, 0.2) is 24.3 Å². The van der Waals surface area contributed by atoms with Crippen LogP contribution in [0.5, 0.6) is 0 Å². The van der Waals surface area contributed by atoms with Gasteiger partial charge in [0, 0.05) is 23.7 Å². The number of thiocarbonyl (C=S) groups is 1. The summed E-state index contributed by atoms with van der Waals surface area (Å²) in [5.74, 6) is -0.108. The summed E-state index contributed by atoms with van der Waals surface area (Å²) in [4.78, 5) is 24.2. The van der Waals surface area contributed by atoms with Gasteiger partial charge in [0.15, 0.2) is 5.11 Å². The van der Waals surface area contributed by atoms with Crippen molar-refractivity contribution in [2.45, 2.75) is 39.0 Å². The molecule has 6 nitrogen and oxygen atoms in total. The van der Waals surface area contributed by atoms with Crippen molar-refractivity contribution < 1.29 is 9.59 Å². The van der Waals surface area contributed by atoms with Gasteiger partial charge in [-0.05, 0) is 56.2 Å². The first kappa shape index (κ1) is 18.2. The summed E-state index contributed by atoms with van der Waals surface area (Å²) in [6.07, 6.45) is 5.39. The number of hydrogen-bond acceptors (Lipinski definition) is 3. The predicted octanol–water partition coefficient (Wildman–Crippen LogP) is 2.33. The third-order valence-electron chi connectivity index (χ3n) is 4.02. The fraction of sp³-hybridized carbons (Fsp3) is 0.471. The molecule has 2 rings (SSSR count). The Morgan fingerprint density at radius 3 is 2.38 bits per heavy atom. The van der Waals surface area contributed by atoms with Gasteiger partial charge in [0.05, 0.1) is 0 Å². The minimum atomic E-state index is -0.291. The summed E-state index contributed by atoms with van der Waals surface area (Å²) in [7, 11) is 0. The van der Waals surface area contributed by atoms with E-state index in [4.69, 9.17) is 12.2 Å². The first-order valence-electron chi connectivity index (χ1n) is 8.35. The maximum Gasteiger partial charge on any atom is 0.269 e. The molecule has 1 aliphatic rings. The monoisotopic (exact) mass is 348 g/mol. The first-order chi connectivity index (χ1) is 11.6. The minimum Gasteiger partial charge on any atom is -0.362 e. The summed E-state index contributed by atoms with van der Waals surface area (Å²) < 4.78 is 0. The Hall–Kier alpha value is -2.15. The van der Waals surface area contributed by atoms with Gasteiger partial charge in [-0.2, -0.15) is 0 Å². The van der Waals surface area contributed by atoms with E-state index in [1.807, 2.05) is 6.92 Å². The fourth-order valence-corrected chi connectivity index (χ4v) is 2.90. The van der Waals surface area contributed by atoms with Crippen LogP contribution in [0.1, 0.15) is 49.4 Å². The Morgan fingerprint density at radius 1 is 1.08 bits per heavy atom. The van der Waals surface area contributed by atoms with Gasteiger partial charge in [-0.15, -0.1) is 0 Å². The van der Waals surface area contributed by atoms with E-state index in [0.717, 1.165) is 25.7 Å². The number of nitrogens with one attached hydrogen (secondary N) is 4. The number of carbonyl (C=O) groups excluding carboxylic acids is 2. The van der Waals surface area contributed by atoms with E-state index in [-0.39, 0.29) is 17.7 Å². The van der Waals surface area contributed by atoms with Crippen LogP contribution in [0.3, 0.4) is 0 Å². The smallest absolute Gasteiger partial charge is 0.269 e. The number of hydrazine groups is 1. The Bertz CT molecular complexity index is 583. The summed E-state index contributed by atoms with van der Waals surface area (Å²) >= 11 is 4.97. The summed E-state index contributed by atoms with van der Waals surface area (Å²) in [6, 6.07) is 6.81. The number of carbonyl (C=O) groups is 2. The Morgan fingerprint density at radius 2 is 1.75 bits per heavy atom. The topological polar surface area (TPSA) is 82.3 Å². The highest BCUT2D eigenvalue weighted by molar-refractivity contribution is 7.80. The Kier molecular flexibility index (Phi) is 6.99. The van der Waals surface area contributed by atoms with E-state index in [9.17, 15) is 9.59 Å². The molecule has 0 bridgehead atoms.